The fourth-order valence-corrected chi connectivity index (χ4v) is 2.27. The van der Waals surface area contributed by atoms with Crippen LogP contribution in [0.5, 0.6) is 0 Å². The number of nitrogens with one attached hydrogen (secondary N) is 1. The van der Waals surface area contributed by atoms with Gasteiger partial charge in [0.1, 0.15) is 24.9 Å². The number of rotatable bonds is 7. The molecule has 0 aliphatic carbocycles. The second-order valence-corrected chi connectivity index (χ2v) is 5.82. The van der Waals surface area contributed by atoms with E-state index in [9.17, 15) is 14.7 Å². The minimum absolute atomic E-state index is 0.0681. The molecule has 2 N–H and O–H groups in total. The Morgan fingerprint density at radius 1 is 1.11 bits per heavy atom. The van der Waals surface area contributed by atoms with E-state index in [-0.39, 0.29) is 6.61 Å². The standard InChI is InChI=1S/C21H21NO5/c1-3-18(22-21(25)26-14-16-10-6-4-7-11-16)19(23)15(2)27-20(24)17-12-8-5-9-13-17/h1,4-13,15,18-19,23H,14H2,2H3,(H,22,25)/t15-,18-,19-/m1/s1. The Balaban J connectivity index is 1.86. The van der Waals surface area contributed by atoms with Gasteiger partial charge in [-0.2, -0.15) is 0 Å². The molecule has 0 bridgehead atoms. The first kappa shape index (κ1) is 20.0. The molecule has 6 nitrogen and oxygen atoms in total. The molecule has 6 heteroatoms. The summed E-state index contributed by atoms with van der Waals surface area (Å²) in [5.41, 5.74) is 1.17. The van der Waals surface area contributed by atoms with Crippen LogP contribution in [0.25, 0.3) is 0 Å². The van der Waals surface area contributed by atoms with Crippen LogP contribution in [-0.4, -0.2) is 35.4 Å². The van der Waals surface area contributed by atoms with Crippen LogP contribution < -0.4 is 5.32 Å². The zero-order chi connectivity index (χ0) is 19.6. The topological polar surface area (TPSA) is 84.9 Å². The first-order valence-corrected chi connectivity index (χ1v) is 8.38. The minimum Gasteiger partial charge on any atom is -0.456 e. The molecule has 0 heterocycles. The molecule has 140 valence electrons. The van der Waals surface area contributed by atoms with Crippen LogP contribution >= 0.6 is 0 Å². The zero-order valence-corrected chi connectivity index (χ0v) is 14.9. The summed E-state index contributed by atoms with van der Waals surface area (Å²) in [5.74, 6) is 1.68. The molecule has 0 radical (unpaired) electrons. The van der Waals surface area contributed by atoms with Gasteiger partial charge in [0.25, 0.3) is 0 Å². The molecule has 0 unspecified atom stereocenters. The van der Waals surface area contributed by atoms with Crippen LogP contribution in [-0.2, 0) is 16.1 Å². The van der Waals surface area contributed by atoms with Crippen LogP contribution in [0, 0.1) is 12.3 Å². The molecule has 3 atom stereocenters. The number of aliphatic hydroxyl groups is 1. The van der Waals surface area contributed by atoms with Crippen LogP contribution in [0.3, 0.4) is 0 Å². The van der Waals surface area contributed by atoms with Gasteiger partial charge in [-0.05, 0) is 24.6 Å². The van der Waals surface area contributed by atoms with E-state index in [1.54, 1.807) is 30.3 Å². The van der Waals surface area contributed by atoms with Crippen LogP contribution in [0.1, 0.15) is 22.8 Å². The van der Waals surface area contributed by atoms with Crippen molar-refractivity contribution in [2.24, 2.45) is 0 Å². The molecular formula is C21H21NO5. The Morgan fingerprint density at radius 2 is 1.70 bits per heavy atom. The molecule has 0 saturated carbocycles. The van der Waals surface area contributed by atoms with E-state index in [0.29, 0.717) is 5.56 Å². The van der Waals surface area contributed by atoms with E-state index in [1.165, 1.54) is 6.92 Å². The lowest BCUT2D eigenvalue weighted by molar-refractivity contribution is -0.0169. The highest BCUT2D eigenvalue weighted by atomic mass is 16.6. The van der Waals surface area contributed by atoms with Crippen molar-refractivity contribution in [3.63, 3.8) is 0 Å². The third-order valence-electron chi connectivity index (χ3n) is 3.79. The molecule has 0 aliphatic heterocycles. The molecule has 0 aromatic heterocycles. The normalized spacial score (nSPS) is 13.5. The van der Waals surface area contributed by atoms with Crippen LogP contribution in [0.4, 0.5) is 4.79 Å². The summed E-state index contributed by atoms with van der Waals surface area (Å²) in [7, 11) is 0. The van der Waals surface area contributed by atoms with Crippen molar-refractivity contribution >= 4 is 12.1 Å². The van der Waals surface area contributed by atoms with Gasteiger partial charge in [0.05, 0.1) is 5.56 Å². The summed E-state index contributed by atoms with van der Waals surface area (Å²) >= 11 is 0. The SMILES string of the molecule is C#C[C@@H](NC(=O)OCc1ccccc1)[C@H](O)[C@@H](C)OC(=O)c1ccccc1. The maximum atomic E-state index is 12.1. The number of hydrogen-bond acceptors (Lipinski definition) is 5. The smallest absolute Gasteiger partial charge is 0.408 e. The number of alkyl carbamates (subject to hydrolysis) is 1. The fourth-order valence-electron chi connectivity index (χ4n) is 2.27. The largest absolute Gasteiger partial charge is 0.456 e. The van der Waals surface area contributed by atoms with E-state index < -0.39 is 30.3 Å². The van der Waals surface area contributed by atoms with Crippen molar-refractivity contribution in [3.8, 4) is 12.3 Å². The molecular weight excluding hydrogens is 346 g/mol. The molecule has 27 heavy (non-hydrogen) atoms. The Morgan fingerprint density at radius 3 is 2.30 bits per heavy atom. The molecule has 1 amide bonds. The quantitative estimate of drug-likeness (QED) is 0.580. The molecule has 0 fully saturated rings. The van der Waals surface area contributed by atoms with E-state index >= 15 is 0 Å². The number of carbonyl (C=O) groups is 2. The Hall–Kier alpha value is -3.30. The maximum absolute atomic E-state index is 12.1. The van der Waals surface area contributed by atoms with Crippen molar-refractivity contribution in [3.05, 3.63) is 71.8 Å². The minimum atomic E-state index is -1.30. The second kappa shape index (κ2) is 10.00. The number of carbonyl (C=O) groups excluding carboxylic acids is 2. The van der Waals surface area contributed by atoms with Gasteiger partial charge in [-0.25, -0.2) is 9.59 Å². The number of hydrogen-bond donors (Lipinski definition) is 2. The third kappa shape index (κ3) is 6.17. The molecule has 2 aromatic carbocycles. The number of esters is 1. The summed E-state index contributed by atoms with van der Waals surface area (Å²) in [6.45, 7) is 1.56. The highest BCUT2D eigenvalue weighted by molar-refractivity contribution is 5.89. The highest BCUT2D eigenvalue weighted by Gasteiger charge is 2.28. The average Bonchev–Trinajstić information content (AvgIpc) is 2.71. The van der Waals surface area contributed by atoms with Gasteiger partial charge >= 0.3 is 12.1 Å². The average molecular weight is 367 g/mol. The van der Waals surface area contributed by atoms with Crippen molar-refractivity contribution in [1.29, 1.82) is 0 Å². The fraction of sp³-hybridized carbons (Fsp3) is 0.238. The molecule has 2 aromatic rings. The lowest BCUT2D eigenvalue weighted by Gasteiger charge is -2.24. The molecule has 0 saturated heterocycles. The lowest BCUT2D eigenvalue weighted by Crippen LogP contribution is -2.48. The summed E-state index contributed by atoms with van der Waals surface area (Å²) in [4.78, 5) is 24.0. The van der Waals surface area contributed by atoms with Gasteiger partial charge in [0, 0.05) is 0 Å². The molecule has 0 aliphatic rings. The number of benzene rings is 2. The van der Waals surface area contributed by atoms with Gasteiger partial charge in [-0.3, -0.25) is 0 Å². The first-order chi connectivity index (χ1) is 13.0. The third-order valence-corrected chi connectivity index (χ3v) is 3.79. The summed E-state index contributed by atoms with van der Waals surface area (Å²) in [6.07, 6.45) is 2.38. The molecule has 0 spiro atoms. The predicted octanol–water partition coefficient (Wildman–Crippen LogP) is 2.52. The summed E-state index contributed by atoms with van der Waals surface area (Å²) in [5, 5.41) is 12.7. The first-order valence-electron chi connectivity index (χ1n) is 8.38. The van der Waals surface area contributed by atoms with Crippen molar-refractivity contribution in [2.45, 2.75) is 31.8 Å². The van der Waals surface area contributed by atoms with Gasteiger partial charge in [-0.1, -0.05) is 54.5 Å². The van der Waals surface area contributed by atoms with Gasteiger partial charge in [-0.15, -0.1) is 6.42 Å². The maximum Gasteiger partial charge on any atom is 0.408 e. The Labute approximate surface area is 158 Å². The van der Waals surface area contributed by atoms with Crippen molar-refractivity contribution in [2.75, 3.05) is 0 Å². The predicted molar refractivity (Wildman–Crippen MR) is 99.7 cm³/mol. The van der Waals surface area contributed by atoms with Crippen LogP contribution in [0.15, 0.2) is 60.7 Å². The van der Waals surface area contributed by atoms with E-state index in [0.717, 1.165) is 5.56 Å². The molecule has 2 rings (SSSR count). The van der Waals surface area contributed by atoms with Crippen molar-refractivity contribution in [1.82, 2.24) is 5.32 Å². The van der Waals surface area contributed by atoms with E-state index in [1.807, 2.05) is 30.3 Å². The number of aliphatic hydroxyl groups excluding tert-OH is 1. The Bertz CT molecular complexity index is 785. The van der Waals surface area contributed by atoms with Crippen molar-refractivity contribution < 1.29 is 24.2 Å². The van der Waals surface area contributed by atoms with Gasteiger partial charge in [0.2, 0.25) is 0 Å². The lowest BCUT2D eigenvalue weighted by atomic mass is 10.1. The number of amides is 1. The summed E-state index contributed by atoms with van der Waals surface area (Å²) < 4.78 is 10.3. The highest BCUT2D eigenvalue weighted by Crippen LogP contribution is 2.09. The van der Waals surface area contributed by atoms with Gasteiger partial charge < -0.3 is 19.9 Å². The van der Waals surface area contributed by atoms with E-state index in [4.69, 9.17) is 15.9 Å². The number of terminal acetylenes is 1. The summed E-state index contributed by atoms with van der Waals surface area (Å²) in [6, 6.07) is 16.4. The van der Waals surface area contributed by atoms with Gasteiger partial charge in [0.15, 0.2) is 0 Å². The van der Waals surface area contributed by atoms with E-state index in [2.05, 4.69) is 11.2 Å². The second-order valence-electron chi connectivity index (χ2n) is 5.82. The van der Waals surface area contributed by atoms with Crippen LogP contribution in [0.2, 0.25) is 0 Å². The zero-order valence-electron chi connectivity index (χ0n) is 14.9. The Kier molecular flexibility index (Phi) is 7.41. The monoisotopic (exact) mass is 367 g/mol. The number of ether oxygens (including phenoxy) is 2.